The number of ether oxygens (including phenoxy) is 1. The normalized spacial score (nSPS) is 17.7. The van der Waals surface area contributed by atoms with Gasteiger partial charge in [-0.05, 0) is 74.7 Å². The molecular weight excluding hydrogens is 464 g/mol. The predicted molar refractivity (Wildman–Crippen MR) is 145 cm³/mol. The lowest BCUT2D eigenvalue weighted by atomic mass is 10.1. The first-order valence-electron chi connectivity index (χ1n) is 12.8. The van der Waals surface area contributed by atoms with Crippen molar-refractivity contribution in [3.8, 4) is 11.4 Å². The Bertz CT molecular complexity index is 1430. The Labute approximate surface area is 217 Å². The summed E-state index contributed by atoms with van der Waals surface area (Å²) in [5.41, 5.74) is 5.77. The van der Waals surface area contributed by atoms with E-state index in [9.17, 15) is 4.79 Å². The minimum Gasteiger partial charge on any atom is -0.372 e. The van der Waals surface area contributed by atoms with Gasteiger partial charge in [0.2, 0.25) is 0 Å². The molecule has 0 bridgehead atoms. The molecule has 8 heteroatoms. The van der Waals surface area contributed by atoms with Gasteiger partial charge in [0.15, 0.2) is 0 Å². The zero-order valence-corrected chi connectivity index (χ0v) is 21.7. The van der Waals surface area contributed by atoms with Crippen molar-refractivity contribution in [3.05, 3.63) is 77.4 Å². The van der Waals surface area contributed by atoms with Crippen LogP contribution < -0.4 is 10.2 Å². The van der Waals surface area contributed by atoms with Crippen molar-refractivity contribution in [2.75, 3.05) is 18.0 Å². The molecule has 1 fully saturated rings. The number of fused-ring (bicyclic) bond motifs is 1. The van der Waals surface area contributed by atoms with Crippen LogP contribution in [0, 0.1) is 6.92 Å². The van der Waals surface area contributed by atoms with Gasteiger partial charge in [0.1, 0.15) is 11.5 Å². The highest BCUT2D eigenvalue weighted by Gasteiger charge is 2.23. The summed E-state index contributed by atoms with van der Waals surface area (Å²) in [5.74, 6) is 0.710. The first-order chi connectivity index (χ1) is 17.9. The zero-order chi connectivity index (χ0) is 25.9. The summed E-state index contributed by atoms with van der Waals surface area (Å²) in [4.78, 5) is 33.5. The minimum atomic E-state index is -0.217. The summed E-state index contributed by atoms with van der Waals surface area (Å²) < 4.78 is 5.87. The fraction of sp³-hybridized carbons (Fsp3) is 0.345. The molecule has 190 valence electrons. The maximum absolute atomic E-state index is 12.7. The topological polar surface area (TPSA) is 93.1 Å². The van der Waals surface area contributed by atoms with Crippen molar-refractivity contribution in [3.63, 3.8) is 0 Å². The van der Waals surface area contributed by atoms with Gasteiger partial charge < -0.3 is 15.0 Å². The molecule has 0 radical (unpaired) electrons. The molecule has 1 saturated heterocycles. The number of carbonyl (C=O) groups is 1. The molecule has 1 aliphatic rings. The van der Waals surface area contributed by atoms with Crippen LogP contribution in [-0.2, 0) is 17.7 Å². The van der Waals surface area contributed by atoms with Crippen LogP contribution in [0.3, 0.4) is 0 Å². The van der Waals surface area contributed by atoms with E-state index in [4.69, 9.17) is 14.7 Å². The number of anilines is 1. The quantitative estimate of drug-likeness (QED) is 0.420. The van der Waals surface area contributed by atoms with E-state index in [2.05, 4.69) is 41.0 Å². The van der Waals surface area contributed by atoms with Crippen LogP contribution in [0.2, 0.25) is 0 Å². The number of nitrogens with one attached hydrogen (secondary N) is 1. The summed E-state index contributed by atoms with van der Waals surface area (Å²) in [5, 5.41) is 3.86. The summed E-state index contributed by atoms with van der Waals surface area (Å²) >= 11 is 0. The van der Waals surface area contributed by atoms with Gasteiger partial charge in [0, 0.05) is 30.9 Å². The fourth-order valence-corrected chi connectivity index (χ4v) is 4.74. The molecule has 2 atom stereocenters. The summed E-state index contributed by atoms with van der Waals surface area (Å²) in [6.45, 7) is 10.2. The van der Waals surface area contributed by atoms with Gasteiger partial charge in [0.25, 0.3) is 5.91 Å². The van der Waals surface area contributed by atoms with Gasteiger partial charge in [-0.25, -0.2) is 9.97 Å². The Morgan fingerprint density at radius 2 is 1.81 bits per heavy atom. The van der Waals surface area contributed by atoms with Crippen molar-refractivity contribution >= 4 is 22.6 Å². The molecule has 4 aromatic rings. The molecule has 1 amide bonds. The highest BCUT2D eigenvalue weighted by molar-refractivity contribution is 5.92. The smallest absolute Gasteiger partial charge is 0.270 e. The number of carbonyl (C=O) groups excluding carboxylic acids is 1. The molecule has 0 spiro atoms. The summed E-state index contributed by atoms with van der Waals surface area (Å²) in [6, 6.07) is 13.8. The average molecular weight is 497 g/mol. The number of morpholine rings is 1. The number of aromatic nitrogens is 4. The third-order valence-corrected chi connectivity index (χ3v) is 6.63. The summed E-state index contributed by atoms with van der Waals surface area (Å²) in [6.07, 6.45) is 4.71. The predicted octanol–water partition coefficient (Wildman–Crippen LogP) is 4.50. The van der Waals surface area contributed by atoms with Crippen molar-refractivity contribution in [1.82, 2.24) is 25.3 Å². The number of pyridine rings is 4. The lowest BCUT2D eigenvalue weighted by Crippen LogP contribution is -2.45. The first-order valence-corrected chi connectivity index (χ1v) is 12.8. The van der Waals surface area contributed by atoms with Crippen LogP contribution in [0.25, 0.3) is 22.3 Å². The number of rotatable bonds is 6. The number of hydrogen-bond donors (Lipinski definition) is 1. The molecule has 37 heavy (non-hydrogen) atoms. The number of nitrogens with zero attached hydrogens (tertiary/aromatic N) is 5. The van der Waals surface area contributed by atoms with Gasteiger partial charge in [-0.2, -0.15) is 0 Å². The lowest BCUT2D eigenvalue weighted by molar-refractivity contribution is -0.00545. The minimum absolute atomic E-state index is 0.162. The van der Waals surface area contributed by atoms with Crippen LogP contribution in [-0.4, -0.2) is 51.1 Å². The molecule has 5 heterocycles. The Balaban J connectivity index is 1.34. The highest BCUT2D eigenvalue weighted by Crippen LogP contribution is 2.24. The molecule has 0 aromatic carbocycles. The standard InChI is InChI=1S/C29H32N6O2/c1-5-21-11-27(31-13-18(21)2)29(36)32-15-23-12-26-22(14-30-23)9-10-25(33-26)24-7-6-8-28(34-24)35-16-19(3)37-20(4)17-35/h6-14,19-20H,5,15-17H2,1-4H3,(H,32,36). The van der Waals surface area contributed by atoms with E-state index in [0.29, 0.717) is 12.2 Å². The molecule has 0 aliphatic carbocycles. The van der Waals surface area contributed by atoms with Crippen molar-refractivity contribution < 1.29 is 9.53 Å². The van der Waals surface area contributed by atoms with Crippen molar-refractivity contribution in [1.29, 1.82) is 0 Å². The van der Waals surface area contributed by atoms with E-state index in [-0.39, 0.29) is 18.1 Å². The van der Waals surface area contributed by atoms with E-state index < -0.39 is 0 Å². The molecule has 1 N–H and O–H groups in total. The third kappa shape index (κ3) is 5.59. The molecular formula is C29H32N6O2. The maximum atomic E-state index is 12.7. The average Bonchev–Trinajstić information content (AvgIpc) is 2.91. The second-order valence-electron chi connectivity index (χ2n) is 9.64. The molecule has 0 saturated carbocycles. The number of amides is 1. The van der Waals surface area contributed by atoms with Gasteiger partial charge >= 0.3 is 0 Å². The SMILES string of the molecule is CCc1cc(C(=O)NCc2cc3nc(-c4cccc(N5CC(C)OC(C)C5)n4)ccc3cn2)ncc1C. The Morgan fingerprint density at radius 3 is 2.59 bits per heavy atom. The van der Waals surface area contributed by atoms with Gasteiger partial charge in [0.05, 0.1) is 41.4 Å². The Kier molecular flexibility index (Phi) is 7.10. The number of aryl methyl sites for hydroxylation is 2. The van der Waals surface area contributed by atoms with Crippen LogP contribution in [0.5, 0.6) is 0 Å². The lowest BCUT2D eigenvalue weighted by Gasteiger charge is -2.36. The van der Waals surface area contributed by atoms with Crippen LogP contribution >= 0.6 is 0 Å². The van der Waals surface area contributed by atoms with Gasteiger partial charge in [-0.3, -0.25) is 14.8 Å². The van der Waals surface area contributed by atoms with E-state index >= 15 is 0 Å². The molecule has 5 rings (SSSR count). The maximum Gasteiger partial charge on any atom is 0.270 e. The third-order valence-electron chi connectivity index (χ3n) is 6.63. The second-order valence-corrected chi connectivity index (χ2v) is 9.64. The molecule has 2 unspecified atom stereocenters. The molecule has 4 aromatic heterocycles. The van der Waals surface area contributed by atoms with Crippen molar-refractivity contribution in [2.45, 2.75) is 52.9 Å². The van der Waals surface area contributed by atoms with Crippen molar-refractivity contribution in [2.24, 2.45) is 0 Å². The van der Waals surface area contributed by atoms with E-state index in [1.807, 2.05) is 49.4 Å². The molecule has 8 nitrogen and oxygen atoms in total. The largest absolute Gasteiger partial charge is 0.372 e. The van der Waals surface area contributed by atoms with Gasteiger partial charge in [-0.1, -0.05) is 13.0 Å². The molecule has 1 aliphatic heterocycles. The monoisotopic (exact) mass is 496 g/mol. The highest BCUT2D eigenvalue weighted by atomic mass is 16.5. The van der Waals surface area contributed by atoms with Crippen LogP contribution in [0.1, 0.15) is 48.1 Å². The summed E-state index contributed by atoms with van der Waals surface area (Å²) in [7, 11) is 0. The van der Waals surface area contributed by atoms with Gasteiger partial charge in [-0.15, -0.1) is 0 Å². The van der Waals surface area contributed by atoms with Crippen LogP contribution in [0.4, 0.5) is 5.82 Å². The van der Waals surface area contributed by atoms with Crippen LogP contribution in [0.15, 0.2) is 54.9 Å². The second kappa shape index (κ2) is 10.6. The Morgan fingerprint density at radius 1 is 1.03 bits per heavy atom. The zero-order valence-electron chi connectivity index (χ0n) is 21.7. The Hall–Kier alpha value is -3.91. The van der Waals surface area contributed by atoms with E-state index in [1.54, 1.807) is 12.4 Å². The fourth-order valence-electron chi connectivity index (χ4n) is 4.74. The van der Waals surface area contributed by atoms with E-state index in [1.165, 1.54) is 0 Å². The first kappa shape index (κ1) is 24.8. The van der Waals surface area contributed by atoms with E-state index in [0.717, 1.165) is 64.4 Å². The number of hydrogen-bond acceptors (Lipinski definition) is 7.